The van der Waals surface area contributed by atoms with Crippen molar-refractivity contribution in [1.82, 2.24) is 9.13 Å². The van der Waals surface area contributed by atoms with Crippen molar-refractivity contribution in [3.63, 3.8) is 0 Å². The van der Waals surface area contributed by atoms with Gasteiger partial charge in [-0.2, -0.15) is 0 Å². The normalized spacial score (nSPS) is 12.5. The first kappa shape index (κ1) is 12.7. The van der Waals surface area contributed by atoms with E-state index in [1.807, 2.05) is 31.2 Å². The van der Waals surface area contributed by atoms with Crippen molar-refractivity contribution < 1.29 is 4.74 Å². The summed E-state index contributed by atoms with van der Waals surface area (Å²) in [4.78, 5) is 24.8. The smallest absolute Gasteiger partial charge is 0.331 e. The molecule has 0 bridgehead atoms. The van der Waals surface area contributed by atoms with Gasteiger partial charge in [-0.15, -0.1) is 0 Å². The minimum atomic E-state index is -0.341. The van der Waals surface area contributed by atoms with Gasteiger partial charge in [0.2, 0.25) is 5.75 Å². The maximum absolute atomic E-state index is 12.4. The van der Waals surface area contributed by atoms with Gasteiger partial charge in [-0.3, -0.25) is 13.9 Å². The lowest BCUT2D eigenvalue weighted by Crippen LogP contribution is -2.41. The van der Waals surface area contributed by atoms with Crippen molar-refractivity contribution in [2.24, 2.45) is 0 Å². The third-order valence-electron chi connectivity index (χ3n) is 3.66. The monoisotopic (exact) mass is 272 g/mol. The Hall–Kier alpha value is -2.30. The summed E-state index contributed by atoms with van der Waals surface area (Å²) >= 11 is 0. The van der Waals surface area contributed by atoms with Crippen LogP contribution in [-0.2, 0) is 19.7 Å². The zero-order chi connectivity index (χ0) is 14.3. The van der Waals surface area contributed by atoms with Crippen LogP contribution in [0.4, 0.5) is 0 Å². The van der Waals surface area contributed by atoms with E-state index in [9.17, 15) is 9.59 Å². The second kappa shape index (κ2) is 4.67. The van der Waals surface area contributed by atoms with Crippen molar-refractivity contribution in [1.29, 1.82) is 0 Å². The highest BCUT2D eigenvalue weighted by atomic mass is 16.5. The van der Waals surface area contributed by atoms with E-state index in [1.165, 1.54) is 4.57 Å². The van der Waals surface area contributed by atoms with E-state index in [2.05, 4.69) is 0 Å². The summed E-state index contributed by atoms with van der Waals surface area (Å²) < 4.78 is 8.46. The largest absolute Gasteiger partial charge is 0.481 e. The highest BCUT2D eigenvalue weighted by molar-refractivity contribution is 5.71. The molecule has 3 rings (SSSR count). The first-order valence-corrected chi connectivity index (χ1v) is 6.77. The Bertz CT molecular complexity index is 755. The zero-order valence-corrected chi connectivity index (χ0v) is 11.5. The van der Waals surface area contributed by atoms with Gasteiger partial charge in [0.1, 0.15) is 12.3 Å². The Morgan fingerprint density at radius 2 is 1.80 bits per heavy atom. The molecule has 0 radical (unpaired) electrons. The Labute approximate surface area is 116 Å². The Morgan fingerprint density at radius 3 is 2.50 bits per heavy atom. The summed E-state index contributed by atoms with van der Waals surface area (Å²) in [6, 6.07) is 7.71. The molecule has 0 saturated heterocycles. The molecule has 1 aromatic heterocycles. The van der Waals surface area contributed by atoms with E-state index >= 15 is 0 Å². The summed E-state index contributed by atoms with van der Waals surface area (Å²) in [6.45, 7) is 4.88. The fourth-order valence-corrected chi connectivity index (χ4v) is 2.67. The van der Waals surface area contributed by atoms with Gasteiger partial charge in [-0.1, -0.05) is 24.3 Å². The van der Waals surface area contributed by atoms with Gasteiger partial charge in [-0.25, -0.2) is 4.79 Å². The van der Waals surface area contributed by atoms with Gasteiger partial charge in [0.25, 0.3) is 5.56 Å². The fourth-order valence-electron chi connectivity index (χ4n) is 2.67. The summed E-state index contributed by atoms with van der Waals surface area (Å²) in [5.74, 6) is 0.284. The summed E-state index contributed by atoms with van der Waals surface area (Å²) in [6.07, 6.45) is 0. The number of hydrogen-bond acceptors (Lipinski definition) is 3. The van der Waals surface area contributed by atoms with Gasteiger partial charge in [-0.05, 0) is 19.4 Å². The molecule has 2 aromatic rings. The number of nitrogens with zero attached hydrogens (tertiary/aromatic N) is 2. The number of rotatable bonds is 2. The van der Waals surface area contributed by atoms with E-state index in [-0.39, 0.29) is 17.0 Å². The molecule has 0 fully saturated rings. The summed E-state index contributed by atoms with van der Waals surface area (Å²) in [5, 5.41) is 0. The average Bonchev–Trinajstić information content (AvgIpc) is 2.48. The third kappa shape index (κ3) is 1.62. The lowest BCUT2D eigenvalue weighted by Gasteiger charge is -2.24. The van der Waals surface area contributed by atoms with Crippen molar-refractivity contribution >= 4 is 0 Å². The number of ether oxygens (including phenoxy) is 1. The molecule has 20 heavy (non-hydrogen) atoms. The predicted octanol–water partition coefficient (Wildman–Crippen LogP) is 1.61. The molecule has 2 heterocycles. The average molecular weight is 272 g/mol. The standard InChI is InChI=1S/C15H16N2O3/c1-3-16-12-11-8-6-5-7-10(11)9-20-13(12)14(18)17(4-2)15(16)19/h5-8H,3-4,9H2,1-2H3. The van der Waals surface area contributed by atoms with E-state index in [0.29, 0.717) is 25.4 Å². The van der Waals surface area contributed by atoms with Gasteiger partial charge in [0.05, 0.1) is 0 Å². The number of fused-ring (bicyclic) bond motifs is 3. The lowest BCUT2D eigenvalue weighted by molar-refractivity contribution is 0.288. The third-order valence-corrected chi connectivity index (χ3v) is 3.66. The second-order valence-corrected chi connectivity index (χ2v) is 4.70. The van der Waals surface area contributed by atoms with Gasteiger partial charge in [0.15, 0.2) is 0 Å². The Kier molecular flexibility index (Phi) is 2.97. The molecule has 0 saturated carbocycles. The van der Waals surface area contributed by atoms with Crippen molar-refractivity contribution in [2.45, 2.75) is 33.5 Å². The molecule has 5 heteroatoms. The quantitative estimate of drug-likeness (QED) is 0.834. The van der Waals surface area contributed by atoms with E-state index in [4.69, 9.17) is 4.74 Å². The number of hydrogen-bond donors (Lipinski definition) is 0. The summed E-state index contributed by atoms with van der Waals surface area (Å²) in [5.41, 5.74) is 1.89. The van der Waals surface area contributed by atoms with Crippen molar-refractivity contribution in [2.75, 3.05) is 0 Å². The first-order valence-electron chi connectivity index (χ1n) is 6.77. The van der Waals surface area contributed by atoms with Crippen LogP contribution in [0.2, 0.25) is 0 Å². The zero-order valence-electron chi connectivity index (χ0n) is 11.5. The van der Waals surface area contributed by atoms with Crippen LogP contribution in [0.5, 0.6) is 5.75 Å². The van der Waals surface area contributed by atoms with Crippen LogP contribution >= 0.6 is 0 Å². The van der Waals surface area contributed by atoms with Crippen LogP contribution in [0.3, 0.4) is 0 Å². The van der Waals surface area contributed by atoms with Crippen molar-refractivity contribution in [3.05, 3.63) is 50.7 Å². The van der Waals surface area contributed by atoms with Gasteiger partial charge < -0.3 is 4.74 Å². The molecule has 0 aliphatic carbocycles. The van der Waals surface area contributed by atoms with Crippen LogP contribution in [0, 0.1) is 0 Å². The van der Waals surface area contributed by atoms with Crippen molar-refractivity contribution in [3.8, 4) is 17.0 Å². The van der Waals surface area contributed by atoms with Crippen LogP contribution in [0.25, 0.3) is 11.3 Å². The number of aromatic nitrogens is 2. The molecule has 0 N–H and O–H groups in total. The maximum Gasteiger partial charge on any atom is 0.331 e. The van der Waals surface area contributed by atoms with Gasteiger partial charge >= 0.3 is 5.69 Å². The van der Waals surface area contributed by atoms with Crippen LogP contribution in [0.1, 0.15) is 19.4 Å². The van der Waals surface area contributed by atoms with Crippen LogP contribution in [-0.4, -0.2) is 9.13 Å². The number of benzene rings is 1. The molecular formula is C15H16N2O3. The van der Waals surface area contributed by atoms with E-state index < -0.39 is 0 Å². The fraction of sp³-hybridized carbons (Fsp3) is 0.333. The minimum Gasteiger partial charge on any atom is -0.481 e. The highest BCUT2D eigenvalue weighted by Gasteiger charge is 2.25. The maximum atomic E-state index is 12.4. The van der Waals surface area contributed by atoms with E-state index in [0.717, 1.165) is 11.1 Å². The topological polar surface area (TPSA) is 53.2 Å². The SMILES string of the molecule is CCn1c2c(c(=O)n(CC)c1=O)OCc1ccccc1-2. The van der Waals surface area contributed by atoms with Gasteiger partial charge in [0, 0.05) is 18.7 Å². The first-order chi connectivity index (χ1) is 9.69. The molecule has 0 unspecified atom stereocenters. The molecule has 104 valence electrons. The summed E-state index contributed by atoms with van der Waals surface area (Å²) in [7, 11) is 0. The Balaban J connectivity index is 2.46. The van der Waals surface area contributed by atoms with Crippen LogP contribution in [0.15, 0.2) is 33.9 Å². The molecule has 0 amide bonds. The molecule has 1 aliphatic heterocycles. The molecule has 0 atom stereocenters. The second-order valence-electron chi connectivity index (χ2n) is 4.70. The van der Waals surface area contributed by atoms with Crippen LogP contribution < -0.4 is 16.0 Å². The molecule has 1 aliphatic rings. The Morgan fingerprint density at radius 1 is 1.10 bits per heavy atom. The molecule has 5 nitrogen and oxygen atoms in total. The highest BCUT2D eigenvalue weighted by Crippen LogP contribution is 2.33. The molecular weight excluding hydrogens is 256 g/mol. The minimum absolute atomic E-state index is 0.279. The predicted molar refractivity (Wildman–Crippen MR) is 76.1 cm³/mol. The molecule has 0 spiro atoms. The lowest BCUT2D eigenvalue weighted by atomic mass is 10.0. The van der Waals surface area contributed by atoms with E-state index in [1.54, 1.807) is 11.5 Å². The molecule has 1 aromatic carbocycles.